The van der Waals surface area contributed by atoms with Gasteiger partial charge in [-0.2, -0.15) is 8.42 Å². The molecule has 0 aliphatic carbocycles. The van der Waals surface area contributed by atoms with Crippen molar-refractivity contribution in [2.75, 3.05) is 0 Å². The molecule has 0 saturated heterocycles. The van der Waals surface area contributed by atoms with E-state index in [2.05, 4.69) is 9.78 Å². The number of hydrogen-bond acceptors (Lipinski definition) is 5. The minimum atomic E-state index is -2.56. The molecule has 0 unspecified atom stereocenters. The van der Waals surface area contributed by atoms with Crippen LogP contribution in [-0.4, -0.2) is 25.0 Å². The van der Waals surface area contributed by atoms with Crippen LogP contribution in [0.2, 0.25) is 0 Å². The Labute approximate surface area is 121 Å². The standard InChI is InChI=1S/C14H10O6S/c15-14(16)12-8-11(10-4-2-1-3-5-10)6-7-13(12)20-19-9-21(17)18/h1-9H,(H,15,16). The normalized spacial score (nSPS) is 9.90. The van der Waals surface area contributed by atoms with Crippen molar-refractivity contribution >= 4 is 21.8 Å². The van der Waals surface area contributed by atoms with Crippen LogP contribution in [-0.2, 0) is 15.2 Å². The lowest BCUT2D eigenvalue weighted by Gasteiger charge is -2.07. The zero-order valence-electron chi connectivity index (χ0n) is 10.6. The Kier molecular flexibility index (Phi) is 4.70. The van der Waals surface area contributed by atoms with Gasteiger partial charge in [0.05, 0.1) is 0 Å². The van der Waals surface area contributed by atoms with Gasteiger partial charge in [-0.25, -0.2) is 4.79 Å². The Hall–Kier alpha value is -2.64. The van der Waals surface area contributed by atoms with Gasteiger partial charge < -0.3 is 9.99 Å². The molecule has 2 rings (SSSR count). The van der Waals surface area contributed by atoms with E-state index in [1.54, 1.807) is 6.07 Å². The van der Waals surface area contributed by atoms with Crippen molar-refractivity contribution in [3.8, 4) is 16.9 Å². The highest BCUT2D eigenvalue weighted by atomic mass is 32.2. The third-order valence-electron chi connectivity index (χ3n) is 2.57. The van der Waals surface area contributed by atoms with Crippen LogP contribution in [0, 0.1) is 0 Å². The first-order valence-electron chi connectivity index (χ1n) is 5.75. The summed E-state index contributed by atoms with van der Waals surface area (Å²) in [4.78, 5) is 20.2. The minimum absolute atomic E-state index is 0.0936. The molecular weight excluding hydrogens is 296 g/mol. The first-order valence-corrected chi connectivity index (χ1v) is 6.89. The van der Waals surface area contributed by atoms with Gasteiger partial charge in [0.2, 0.25) is 15.8 Å². The van der Waals surface area contributed by atoms with E-state index in [0.717, 1.165) is 5.56 Å². The average molecular weight is 306 g/mol. The van der Waals surface area contributed by atoms with E-state index in [1.807, 2.05) is 30.3 Å². The lowest BCUT2D eigenvalue weighted by molar-refractivity contribution is -0.107. The first-order chi connectivity index (χ1) is 10.1. The van der Waals surface area contributed by atoms with Gasteiger partial charge in [-0.05, 0) is 23.3 Å². The maximum atomic E-state index is 11.2. The van der Waals surface area contributed by atoms with Crippen molar-refractivity contribution < 1.29 is 28.1 Å². The summed E-state index contributed by atoms with van der Waals surface area (Å²) in [5.74, 6) is -1.31. The summed E-state index contributed by atoms with van der Waals surface area (Å²) in [6, 6.07) is 13.7. The summed E-state index contributed by atoms with van der Waals surface area (Å²) < 4.78 is 20.5. The zero-order chi connectivity index (χ0) is 15.2. The summed E-state index contributed by atoms with van der Waals surface area (Å²) in [5.41, 5.74) is 1.81. The quantitative estimate of drug-likeness (QED) is 0.516. The van der Waals surface area contributed by atoms with E-state index in [0.29, 0.717) is 11.1 Å². The SMILES string of the molecule is O=C(O)c1cc(-c2ccccc2)ccc1OOC=S(=O)=O. The molecule has 2 aromatic rings. The molecule has 0 aromatic heterocycles. The van der Waals surface area contributed by atoms with Gasteiger partial charge in [-0.1, -0.05) is 36.4 Å². The van der Waals surface area contributed by atoms with Gasteiger partial charge in [-0.3, -0.25) is 0 Å². The third kappa shape index (κ3) is 3.91. The van der Waals surface area contributed by atoms with Crippen LogP contribution in [0.4, 0.5) is 0 Å². The maximum absolute atomic E-state index is 11.2. The molecule has 0 aliphatic rings. The molecule has 21 heavy (non-hydrogen) atoms. The second kappa shape index (κ2) is 6.69. The topological polar surface area (TPSA) is 89.9 Å². The van der Waals surface area contributed by atoms with Gasteiger partial charge in [0.15, 0.2) is 5.75 Å². The predicted molar refractivity (Wildman–Crippen MR) is 75.5 cm³/mol. The lowest BCUT2D eigenvalue weighted by Crippen LogP contribution is -2.04. The molecule has 2 aromatic carbocycles. The first kappa shape index (κ1) is 14.8. The molecule has 6 nitrogen and oxygen atoms in total. The van der Waals surface area contributed by atoms with Crippen LogP contribution < -0.4 is 4.89 Å². The van der Waals surface area contributed by atoms with Crippen LogP contribution in [0.1, 0.15) is 10.4 Å². The van der Waals surface area contributed by atoms with Crippen molar-refractivity contribution in [1.82, 2.24) is 0 Å². The Bertz CT molecular complexity index is 772. The summed E-state index contributed by atoms with van der Waals surface area (Å²) in [6.07, 6.45) is 0. The van der Waals surface area contributed by atoms with Crippen molar-refractivity contribution in [2.45, 2.75) is 0 Å². The number of carbonyl (C=O) groups is 1. The van der Waals surface area contributed by atoms with E-state index in [-0.39, 0.29) is 11.3 Å². The van der Waals surface area contributed by atoms with Crippen molar-refractivity contribution in [3.05, 3.63) is 54.1 Å². The predicted octanol–water partition coefficient (Wildman–Crippen LogP) is 2.00. The molecule has 0 amide bonds. The van der Waals surface area contributed by atoms with Crippen LogP contribution >= 0.6 is 0 Å². The Morgan fingerprint density at radius 3 is 2.38 bits per heavy atom. The smallest absolute Gasteiger partial charge is 0.339 e. The summed E-state index contributed by atoms with van der Waals surface area (Å²) >= 11 is 0. The van der Waals surface area contributed by atoms with E-state index in [4.69, 9.17) is 0 Å². The van der Waals surface area contributed by atoms with Crippen molar-refractivity contribution in [3.63, 3.8) is 0 Å². The largest absolute Gasteiger partial charge is 0.478 e. The van der Waals surface area contributed by atoms with E-state index in [1.165, 1.54) is 12.1 Å². The Balaban J connectivity index is 2.36. The molecule has 7 heteroatoms. The highest BCUT2D eigenvalue weighted by molar-refractivity contribution is 7.71. The number of carboxylic acid groups (broad SMARTS) is 1. The molecular formula is C14H10O6S. The van der Waals surface area contributed by atoms with Crippen molar-refractivity contribution in [2.24, 2.45) is 0 Å². The molecule has 108 valence electrons. The summed E-state index contributed by atoms with van der Waals surface area (Å²) in [5, 5.41) is 9.18. The van der Waals surface area contributed by atoms with Gasteiger partial charge in [0.25, 0.3) is 0 Å². The zero-order valence-corrected chi connectivity index (χ0v) is 11.4. The van der Waals surface area contributed by atoms with Crippen molar-refractivity contribution in [1.29, 1.82) is 0 Å². The minimum Gasteiger partial charge on any atom is -0.478 e. The average Bonchev–Trinajstić information content (AvgIpc) is 2.48. The van der Waals surface area contributed by atoms with E-state index < -0.39 is 16.3 Å². The molecule has 0 fully saturated rings. The molecule has 0 spiro atoms. The number of carboxylic acids is 1. The highest BCUT2D eigenvalue weighted by Gasteiger charge is 2.14. The molecule has 0 saturated carbocycles. The van der Waals surface area contributed by atoms with E-state index in [9.17, 15) is 18.3 Å². The number of rotatable bonds is 5. The molecule has 0 radical (unpaired) electrons. The van der Waals surface area contributed by atoms with Crippen LogP contribution in [0.25, 0.3) is 11.1 Å². The van der Waals surface area contributed by atoms with Gasteiger partial charge in [0.1, 0.15) is 5.56 Å². The number of hydrogen-bond donors (Lipinski definition) is 1. The second-order valence-electron chi connectivity index (χ2n) is 3.92. The Morgan fingerprint density at radius 1 is 1.05 bits per heavy atom. The Morgan fingerprint density at radius 2 is 1.76 bits per heavy atom. The fraction of sp³-hybridized carbons (Fsp3) is 0. The number of benzene rings is 2. The van der Waals surface area contributed by atoms with E-state index >= 15 is 0 Å². The third-order valence-corrected chi connectivity index (χ3v) is 2.81. The lowest BCUT2D eigenvalue weighted by atomic mass is 10.0. The van der Waals surface area contributed by atoms with Crippen LogP contribution in [0.3, 0.4) is 0 Å². The molecule has 0 aliphatic heterocycles. The number of aromatic carboxylic acids is 1. The molecule has 1 N–H and O–H groups in total. The van der Waals surface area contributed by atoms with Crippen LogP contribution in [0.5, 0.6) is 5.75 Å². The fourth-order valence-electron chi connectivity index (χ4n) is 1.68. The van der Waals surface area contributed by atoms with Gasteiger partial charge >= 0.3 is 5.97 Å². The summed E-state index contributed by atoms with van der Waals surface area (Å²) in [6.45, 7) is 0. The monoisotopic (exact) mass is 306 g/mol. The van der Waals surface area contributed by atoms with Gasteiger partial charge in [-0.15, -0.1) is 4.89 Å². The fourth-order valence-corrected chi connectivity index (χ4v) is 1.79. The molecule has 0 bridgehead atoms. The second-order valence-corrected chi connectivity index (χ2v) is 4.63. The molecule has 0 atom stereocenters. The summed E-state index contributed by atoms with van der Waals surface area (Å²) in [7, 11) is -2.56. The maximum Gasteiger partial charge on any atom is 0.339 e. The van der Waals surface area contributed by atoms with Crippen LogP contribution in [0.15, 0.2) is 48.5 Å². The molecule has 0 heterocycles. The van der Waals surface area contributed by atoms with Gasteiger partial charge in [0, 0.05) is 0 Å². The highest BCUT2D eigenvalue weighted by Crippen LogP contribution is 2.26.